The van der Waals surface area contributed by atoms with Crippen LogP contribution in [0.5, 0.6) is 0 Å². The third-order valence-electron chi connectivity index (χ3n) is 3.41. The van der Waals surface area contributed by atoms with Crippen LogP contribution in [0.3, 0.4) is 0 Å². The van der Waals surface area contributed by atoms with Crippen LogP contribution in [-0.4, -0.2) is 47.8 Å². The highest BCUT2D eigenvalue weighted by Gasteiger charge is 2.22. The van der Waals surface area contributed by atoms with Crippen molar-refractivity contribution in [1.29, 1.82) is 0 Å². The Labute approximate surface area is 129 Å². The lowest BCUT2D eigenvalue weighted by Gasteiger charge is -2.22. The molecule has 0 atom stereocenters. The number of benzene rings is 1. The topological polar surface area (TPSA) is 40.6 Å². The minimum atomic E-state index is -0.101. The third kappa shape index (κ3) is 3.46. The molecule has 0 aliphatic carbocycles. The summed E-state index contributed by atoms with van der Waals surface area (Å²) in [7, 11) is 0. The van der Waals surface area contributed by atoms with Crippen LogP contribution in [0.2, 0.25) is 5.02 Å². The Bertz CT molecular complexity index is 536. The molecule has 0 N–H and O–H groups in total. The molecule has 1 aliphatic heterocycles. The Balaban J connectivity index is 2.13. The summed E-state index contributed by atoms with van der Waals surface area (Å²) in [6, 6.07) is 5.11. The lowest BCUT2D eigenvalue weighted by Crippen LogP contribution is -2.36. The zero-order valence-corrected chi connectivity index (χ0v) is 13.0. The Morgan fingerprint density at radius 3 is 2.50 bits per heavy atom. The lowest BCUT2D eigenvalue weighted by molar-refractivity contribution is -0.128. The van der Waals surface area contributed by atoms with E-state index in [9.17, 15) is 9.59 Å². The molecule has 1 heterocycles. The van der Waals surface area contributed by atoms with Crippen molar-refractivity contribution >= 4 is 36.0 Å². The quantitative estimate of drug-likeness (QED) is 0.809. The predicted octanol–water partition coefficient (Wildman–Crippen LogP) is 2.32. The second-order valence-electron chi connectivity index (χ2n) is 4.82. The zero-order valence-electron chi connectivity index (χ0n) is 11.3. The van der Waals surface area contributed by atoms with E-state index in [0.29, 0.717) is 41.7 Å². The maximum atomic E-state index is 12.5. The molecule has 0 aromatic heterocycles. The van der Waals surface area contributed by atoms with Crippen LogP contribution in [0.1, 0.15) is 23.7 Å². The van der Waals surface area contributed by atoms with Crippen LogP contribution in [-0.2, 0) is 4.79 Å². The molecule has 1 aromatic carbocycles. The van der Waals surface area contributed by atoms with Crippen LogP contribution < -0.4 is 0 Å². The van der Waals surface area contributed by atoms with Crippen molar-refractivity contribution in [3.63, 3.8) is 0 Å². The van der Waals surface area contributed by atoms with Gasteiger partial charge in [0.25, 0.3) is 5.91 Å². The first-order chi connectivity index (χ1) is 9.49. The number of hydrogen-bond acceptors (Lipinski definition) is 3. The highest BCUT2D eigenvalue weighted by atomic mass is 35.5. The van der Waals surface area contributed by atoms with Crippen molar-refractivity contribution in [2.75, 3.05) is 26.2 Å². The number of carbonyl (C=O) groups is 2. The number of amides is 2. The first-order valence-electron chi connectivity index (χ1n) is 6.52. The van der Waals surface area contributed by atoms with E-state index in [2.05, 4.69) is 12.6 Å². The van der Waals surface area contributed by atoms with Crippen LogP contribution in [0.15, 0.2) is 23.1 Å². The van der Waals surface area contributed by atoms with Gasteiger partial charge in [0.1, 0.15) is 0 Å². The fourth-order valence-corrected chi connectivity index (χ4v) is 2.68. The minimum Gasteiger partial charge on any atom is -0.341 e. The average Bonchev–Trinajstić information content (AvgIpc) is 2.66. The van der Waals surface area contributed by atoms with E-state index in [-0.39, 0.29) is 11.8 Å². The van der Waals surface area contributed by atoms with Gasteiger partial charge in [-0.3, -0.25) is 9.59 Å². The fourth-order valence-electron chi connectivity index (χ4n) is 2.28. The van der Waals surface area contributed by atoms with Crippen molar-refractivity contribution in [2.45, 2.75) is 18.2 Å². The van der Waals surface area contributed by atoms with E-state index in [1.54, 1.807) is 34.9 Å². The summed E-state index contributed by atoms with van der Waals surface area (Å²) in [5, 5.41) is 0.431. The van der Waals surface area contributed by atoms with Gasteiger partial charge >= 0.3 is 0 Å². The van der Waals surface area contributed by atoms with Gasteiger partial charge in [-0.25, -0.2) is 0 Å². The largest absolute Gasteiger partial charge is 0.341 e. The van der Waals surface area contributed by atoms with Gasteiger partial charge in [-0.2, -0.15) is 0 Å². The second kappa shape index (κ2) is 6.50. The molecular formula is C14H17ClN2O2S. The number of carbonyl (C=O) groups excluding carboxylic acids is 2. The van der Waals surface area contributed by atoms with Crippen molar-refractivity contribution in [2.24, 2.45) is 0 Å². The van der Waals surface area contributed by atoms with Crippen molar-refractivity contribution < 1.29 is 9.59 Å². The molecular weight excluding hydrogens is 296 g/mol. The minimum absolute atomic E-state index is 0.0506. The third-order valence-corrected chi connectivity index (χ3v) is 4.02. The first-order valence-corrected chi connectivity index (χ1v) is 7.35. The average molecular weight is 313 g/mol. The molecule has 1 aliphatic rings. The number of nitrogens with zero attached hydrogens (tertiary/aromatic N) is 2. The van der Waals surface area contributed by atoms with Gasteiger partial charge in [0.05, 0.1) is 10.6 Å². The number of rotatable bonds is 1. The van der Waals surface area contributed by atoms with Crippen LogP contribution >= 0.6 is 24.2 Å². The summed E-state index contributed by atoms with van der Waals surface area (Å²) in [4.78, 5) is 28.1. The summed E-state index contributed by atoms with van der Waals surface area (Å²) < 4.78 is 0. The number of halogens is 1. The van der Waals surface area contributed by atoms with Gasteiger partial charge in [0.2, 0.25) is 5.91 Å². The Morgan fingerprint density at radius 1 is 1.15 bits per heavy atom. The van der Waals surface area contributed by atoms with Gasteiger partial charge < -0.3 is 9.80 Å². The SMILES string of the molecule is CC(=O)N1CCCN(C(=O)c2cc(S)ccc2Cl)CC1. The summed E-state index contributed by atoms with van der Waals surface area (Å²) in [5.74, 6) is -0.0500. The molecule has 1 aromatic rings. The Kier molecular flexibility index (Phi) is 4.94. The Morgan fingerprint density at radius 2 is 1.80 bits per heavy atom. The summed E-state index contributed by atoms with van der Waals surface area (Å²) in [6.07, 6.45) is 0.781. The van der Waals surface area contributed by atoms with E-state index in [4.69, 9.17) is 11.6 Å². The molecule has 0 bridgehead atoms. The molecule has 1 fully saturated rings. The van der Waals surface area contributed by atoms with E-state index in [1.165, 1.54) is 0 Å². The molecule has 20 heavy (non-hydrogen) atoms. The molecule has 6 heteroatoms. The molecule has 0 radical (unpaired) electrons. The number of thiol groups is 1. The summed E-state index contributed by atoms with van der Waals surface area (Å²) in [5.41, 5.74) is 0.468. The predicted molar refractivity (Wildman–Crippen MR) is 81.5 cm³/mol. The van der Waals surface area contributed by atoms with E-state index >= 15 is 0 Å². The van der Waals surface area contributed by atoms with Crippen molar-refractivity contribution in [3.05, 3.63) is 28.8 Å². The normalized spacial score (nSPS) is 15.9. The zero-order chi connectivity index (χ0) is 14.7. The van der Waals surface area contributed by atoms with Crippen LogP contribution in [0, 0.1) is 0 Å². The fraction of sp³-hybridized carbons (Fsp3) is 0.429. The van der Waals surface area contributed by atoms with Crippen LogP contribution in [0.25, 0.3) is 0 Å². The van der Waals surface area contributed by atoms with E-state index in [0.717, 1.165) is 6.42 Å². The van der Waals surface area contributed by atoms with Gasteiger partial charge in [-0.05, 0) is 24.6 Å². The van der Waals surface area contributed by atoms with E-state index in [1.807, 2.05) is 0 Å². The van der Waals surface area contributed by atoms with Crippen molar-refractivity contribution in [3.8, 4) is 0 Å². The van der Waals surface area contributed by atoms with E-state index < -0.39 is 0 Å². The molecule has 4 nitrogen and oxygen atoms in total. The standard InChI is InChI=1S/C14H17ClN2O2S/c1-10(18)16-5-2-6-17(8-7-16)14(19)12-9-11(20)3-4-13(12)15/h3-4,9,20H,2,5-8H2,1H3. The second-order valence-corrected chi connectivity index (χ2v) is 5.74. The molecule has 0 spiro atoms. The maximum Gasteiger partial charge on any atom is 0.255 e. The molecule has 0 saturated carbocycles. The highest BCUT2D eigenvalue weighted by molar-refractivity contribution is 7.80. The lowest BCUT2D eigenvalue weighted by atomic mass is 10.2. The molecule has 2 rings (SSSR count). The first kappa shape index (κ1) is 15.2. The van der Waals surface area contributed by atoms with Crippen molar-refractivity contribution in [1.82, 2.24) is 9.80 Å². The Hall–Kier alpha value is -1.20. The molecule has 0 unspecified atom stereocenters. The van der Waals surface area contributed by atoms with Gasteiger partial charge in [0.15, 0.2) is 0 Å². The monoisotopic (exact) mass is 312 g/mol. The molecule has 1 saturated heterocycles. The molecule has 108 valence electrons. The van der Waals surface area contributed by atoms with Crippen LogP contribution in [0.4, 0.5) is 0 Å². The highest BCUT2D eigenvalue weighted by Crippen LogP contribution is 2.22. The number of hydrogen-bond donors (Lipinski definition) is 1. The van der Waals surface area contributed by atoms with Gasteiger partial charge in [0, 0.05) is 38.0 Å². The van der Waals surface area contributed by atoms with Gasteiger partial charge in [-0.1, -0.05) is 11.6 Å². The van der Waals surface area contributed by atoms with Gasteiger partial charge in [-0.15, -0.1) is 12.6 Å². The maximum absolute atomic E-state index is 12.5. The summed E-state index contributed by atoms with van der Waals surface area (Å²) in [6.45, 7) is 3.98. The smallest absolute Gasteiger partial charge is 0.255 e. The molecule has 2 amide bonds. The summed E-state index contributed by atoms with van der Waals surface area (Å²) >= 11 is 10.3.